The highest BCUT2D eigenvalue weighted by Crippen LogP contribution is 2.20. The molecule has 4 heteroatoms. The van der Waals surface area contributed by atoms with Crippen molar-refractivity contribution in [3.05, 3.63) is 23.9 Å². The summed E-state index contributed by atoms with van der Waals surface area (Å²) in [6.45, 7) is 5.85. The zero-order valence-corrected chi connectivity index (χ0v) is 9.25. The maximum absolute atomic E-state index is 11.8. The Morgan fingerprint density at radius 3 is 2.94 bits per heavy atom. The molecule has 4 nitrogen and oxygen atoms in total. The third-order valence-electron chi connectivity index (χ3n) is 2.35. The van der Waals surface area contributed by atoms with E-state index in [0.717, 1.165) is 0 Å². The summed E-state index contributed by atoms with van der Waals surface area (Å²) in [7, 11) is 0. The first-order chi connectivity index (χ1) is 7.61. The third kappa shape index (κ3) is 2.31. The molecule has 0 bridgehead atoms. The highest BCUT2D eigenvalue weighted by atomic mass is 16.2. The average Bonchev–Trinajstić information content (AvgIpc) is 2.54. The molecule has 0 aromatic heterocycles. The van der Waals surface area contributed by atoms with Gasteiger partial charge in [0.25, 0.3) is 5.91 Å². The number of carbonyl (C=O) groups is 2. The largest absolute Gasteiger partial charge is 0.377 e. The molecule has 0 unspecified atom stereocenters. The molecule has 0 radical (unpaired) electrons. The smallest absolute Gasteiger partial charge is 0.258 e. The number of terminal acetylenes is 1. The van der Waals surface area contributed by atoms with Crippen LogP contribution in [0.4, 0.5) is 0 Å². The summed E-state index contributed by atoms with van der Waals surface area (Å²) in [5.74, 6) is 1.96. The van der Waals surface area contributed by atoms with Crippen molar-refractivity contribution in [2.24, 2.45) is 0 Å². The van der Waals surface area contributed by atoms with Crippen LogP contribution in [-0.4, -0.2) is 29.8 Å². The minimum absolute atomic E-state index is 0.135. The van der Waals surface area contributed by atoms with Crippen LogP contribution >= 0.6 is 0 Å². The molecule has 1 N–H and O–H groups in total. The van der Waals surface area contributed by atoms with E-state index < -0.39 is 0 Å². The van der Waals surface area contributed by atoms with Crippen LogP contribution in [0.2, 0.25) is 0 Å². The predicted molar refractivity (Wildman–Crippen MR) is 61.1 cm³/mol. The van der Waals surface area contributed by atoms with Crippen LogP contribution in [0.15, 0.2) is 23.9 Å². The van der Waals surface area contributed by atoms with E-state index in [4.69, 9.17) is 6.42 Å². The molecule has 16 heavy (non-hydrogen) atoms. The number of amides is 2. The summed E-state index contributed by atoms with van der Waals surface area (Å²) in [6.07, 6.45) is 6.77. The quantitative estimate of drug-likeness (QED) is 0.322. The van der Waals surface area contributed by atoms with E-state index in [1.807, 2.05) is 0 Å². The summed E-state index contributed by atoms with van der Waals surface area (Å²) >= 11 is 0. The second kappa shape index (κ2) is 5.17. The molecule has 0 aromatic carbocycles. The molecular weight excluding hydrogens is 204 g/mol. The summed E-state index contributed by atoms with van der Waals surface area (Å²) in [5, 5.41) is 2.91. The third-order valence-corrected chi connectivity index (χ3v) is 2.35. The molecule has 0 spiro atoms. The van der Waals surface area contributed by atoms with Gasteiger partial charge in [0.15, 0.2) is 0 Å². The van der Waals surface area contributed by atoms with Crippen molar-refractivity contribution in [1.82, 2.24) is 10.2 Å². The molecule has 84 valence electrons. The zero-order chi connectivity index (χ0) is 12.1. The Morgan fingerprint density at radius 2 is 2.38 bits per heavy atom. The fourth-order valence-corrected chi connectivity index (χ4v) is 1.50. The number of carbonyl (C=O) groups excluding carboxylic acids is 2. The van der Waals surface area contributed by atoms with Gasteiger partial charge in [-0.2, -0.15) is 0 Å². The number of allylic oxidation sites excluding steroid dienone is 1. The van der Waals surface area contributed by atoms with E-state index in [0.29, 0.717) is 17.8 Å². The number of rotatable bonds is 4. The van der Waals surface area contributed by atoms with Crippen LogP contribution in [0.25, 0.3) is 0 Å². The van der Waals surface area contributed by atoms with Crippen molar-refractivity contribution in [1.29, 1.82) is 0 Å². The monoisotopic (exact) mass is 218 g/mol. The lowest BCUT2D eigenvalue weighted by Crippen LogP contribution is -2.29. The van der Waals surface area contributed by atoms with Crippen LogP contribution in [0.5, 0.6) is 0 Å². The maximum atomic E-state index is 11.8. The van der Waals surface area contributed by atoms with Crippen LogP contribution in [-0.2, 0) is 9.59 Å². The average molecular weight is 218 g/mol. The van der Waals surface area contributed by atoms with Gasteiger partial charge in [-0.05, 0) is 6.92 Å². The van der Waals surface area contributed by atoms with Gasteiger partial charge in [0.1, 0.15) is 0 Å². The van der Waals surface area contributed by atoms with E-state index in [2.05, 4.69) is 17.8 Å². The number of hydrogen-bond acceptors (Lipinski definition) is 3. The molecule has 0 aliphatic carbocycles. The van der Waals surface area contributed by atoms with Crippen molar-refractivity contribution >= 4 is 11.8 Å². The van der Waals surface area contributed by atoms with E-state index in [1.165, 1.54) is 11.0 Å². The van der Waals surface area contributed by atoms with Crippen LogP contribution in [0, 0.1) is 12.3 Å². The number of imide groups is 1. The van der Waals surface area contributed by atoms with E-state index >= 15 is 0 Å². The van der Waals surface area contributed by atoms with Crippen molar-refractivity contribution in [2.45, 2.75) is 13.3 Å². The zero-order valence-electron chi connectivity index (χ0n) is 9.25. The lowest BCUT2D eigenvalue weighted by Gasteiger charge is -2.10. The van der Waals surface area contributed by atoms with Gasteiger partial charge >= 0.3 is 0 Å². The predicted octanol–water partition coefficient (Wildman–Crippen LogP) is 0.428. The minimum Gasteiger partial charge on any atom is -0.377 e. The Bertz CT molecular complexity index is 402. The SMILES string of the molecule is C#CCN/C(C)=C1/CC(=O)N(CC=C)C1=O. The summed E-state index contributed by atoms with van der Waals surface area (Å²) in [4.78, 5) is 24.5. The van der Waals surface area contributed by atoms with Crippen molar-refractivity contribution in [3.8, 4) is 12.3 Å². The Balaban J connectivity index is 2.86. The molecule has 0 saturated carbocycles. The minimum atomic E-state index is -0.257. The first-order valence-electron chi connectivity index (χ1n) is 4.94. The van der Waals surface area contributed by atoms with Gasteiger partial charge in [0, 0.05) is 17.8 Å². The summed E-state index contributed by atoms with van der Waals surface area (Å²) in [5.41, 5.74) is 1.16. The fourth-order valence-electron chi connectivity index (χ4n) is 1.50. The van der Waals surface area contributed by atoms with Gasteiger partial charge in [-0.1, -0.05) is 12.0 Å². The topological polar surface area (TPSA) is 49.4 Å². The van der Waals surface area contributed by atoms with Gasteiger partial charge in [-0.3, -0.25) is 14.5 Å². The second-order valence-corrected chi connectivity index (χ2v) is 3.44. The van der Waals surface area contributed by atoms with Crippen LogP contribution < -0.4 is 5.32 Å². The molecule has 1 fully saturated rings. The Hall–Kier alpha value is -2.02. The van der Waals surface area contributed by atoms with Crippen molar-refractivity contribution < 1.29 is 9.59 Å². The molecule has 1 aliphatic heterocycles. The molecule has 2 amide bonds. The Morgan fingerprint density at radius 1 is 1.69 bits per heavy atom. The highest BCUT2D eigenvalue weighted by molar-refractivity contribution is 6.13. The maximum Gasteiger partial charge on any atom is 0.258 e. The van der Waals surface area contributed by atoms with Gasteiger partial charge in [-0.25, -0.2) is 0 Å². The van der Waals surface area contributed by atoms with Crippen molar-refractivity contribution in [3.63, 3.8) is 0 Å². The number of nitrogens with zero attached hydrogens (tertiary/aromatic N) is 1. The fraction of sp³-hybridized carbons (Fsp3) is 0.333. The van der Waals surface area contributed by atoms with Crippen LogP contribution in [0.1, 0.15) is 13.3 Å². The number of nitrogens with one attached hydrogen (secondary N) is 1. The first kappa shape index (κ1) is 12.1. The highest BCUT2D eigenvalue weighted by Gasteiger charge is 2.34. The standard InChI is InChI=1S/C12H14N2O2/c1-4-6-13-9(3)10-8-11(15)14(7-5-2)12(10)16/h1,5,13H,2,6-8H2,3H3/b10-9-. The first-order valence-corrected chi connectivity index (χ1v) is 4.94. The van der Waals surface area contributed by atoms with E-state index in [-0.39, 0.29) is 24.8 Å². The van der Waals surface area contributed by atoms with Gasteiger partial charge in [-0.15, -0.1) is 13.0 Å². The Kier molecular flexibility index (Phi) is 3.90. The summed E-state index contributed by atoms with van der Waals surface area (Å²) in [6, 6.07) is 0. The molecular formula is C12H14N2O2. The van der Waals surface area contributed by atoms with Crippen molar-refractivity contribution in [2.75, 3.05) is 13.1 Å². The lowest BCUT2D eigenvalue weighted by atomic mass is 10.2. The van der Waals surface area contributed by atoms with Crippen LogP contribution in [0.3, 0.4) is 0 Å². The molecule has 1 saturated heterocycles. The number of likely N-dealkylation sites (tertiary alicyclic amines) is 1. The van der Waals surface area contributed by atoms with Gasteiger partial charge in [0.05, 0.1) is 13.0 Å². The molecule has 1 aliphatic rings. The van der Waals surface area contributed by atoms with Gasteiger partial charge in [0.2, 0.25) is 5.91 Å². The molecule has 1 rings (SSSR count). The van der Waals surface area contributed by atoms with Gasteiger partial charge < -0.3 is 5.32 Å². The number of hydrogen-bond donors (Lipinski definition) is 1. The lowest BCUT2D eigenvalue weighted by molar-refractivity contribution is -0.136. The normalized spacial score (nSPS) is 18.4. The molecule has 0 aromatic rings. The summed E-state index contributed by atoms with van der Waals surface area (Å²) < 4.78 is 0. The van der Waals surface area contributed by atoms with E-state index in [9.17, 15) is 9.59 Å². The van der Waals surface area contributed by atoms with E-state index in [1.54, 1.807) is 6.92 Å². The second-order valence-electron chi connectivity index (χ2n) is 3.44. The molecule has 0 atom stereocenters. The molecule has 1 heterocycles. The Labute approximate surface area is 95.0 Å².